The molecule has 1 N–H and O–H groups in total. The van der Waals surface area contributed by atoms with Gasteiger partial charge in [-0.2, -0.15) is 0 Å². The first-order valence-corrected chi connectivity index (χ1v) is 16.5. The monoisotopic (exact) mass is 614 g/mol. The zero-order chi connectivity index (χ0) is 28.9. The van der Waals surface area contributed by atoms with E-state index in [-0.39, 0.29) is 17.4 Å². The van der Waals surface area contributed by atoms with E-state index < -0.39 is 27.7 Å². The molecular weight excluding hydrogens is 579 g/mol. The molecule has 0 aliphatic carbocycles. The number of benzene rings is 4. The minimum absolute atomic E-state index is 0. The van der Waals surface area contributed by atoms with Gasteiger partial charge < -0.3 is 5.48 Å². The molecule has 0 aliphatic heterocycles. The third-order valence-electron chi connectivity index (χ3n) is 6.53. The Hall–Kier alpha value is -2.99. The normalized spacial score (nSPS) is 11.9. The predicted octanol–water partition coefficient (Wildman–Crippen LogP) is 8.90. The van der Waals surface area contributed by atoms with Gasteiger partial charge in [0, 0.05) is 0 Å². The van der Waals surface area contributed by atoms with Gasteiger partial charge in [-0.25, -0.2) is 0 Å². The van der Waals surface area contributed by atoms with Crippen molar-refractivity contribution in [1.29, 1.82) is 0 Å². The van der Waals surface area contributed by atoms with Crippen molar-refractivity contribution in [3.63, 3.8) is 0 Å². The van der Waals surface area contributed by atoms with Crippen molar-refractivity contribution in [1.82, 2.24) is 0 Å². The van der Waals surface area contributed by atoms with Gasteiger partial charge in [0.2, 0.25) is 0 Å². The Morgan fingerprint density at radius 2 is 0.976 bits per heavy atom. The van der Waals surface area contributed by atoms with Gasteiger partial charge in [-0.05, 0) is 0 Å². The standard InChI is InChI=1S/2C17H18O2S.Al.H2O/c2*1-2-7-16(17(18)19)13-8-6-11-15(12-13)20-14-9-4-3-5-10-14;;/h2*3-6,8-12,16H,2,7H2,1H3,(H,18,19);;1H2/q;;+3;/p-3. The Morgan fingerprint density at radius 1 is 0.595 bits per heavy atom. The van der Waals surface area contributed by atoms with E-state index in [1.54, 1.807) is 23.5 Å². The molecule has 2 unspecified atom stereocenters. The van der Waals surface area contributed by atoms with Gasteiger partial charge in [-0.1, -0.05) is 0 Å². The molecule has 0 saturated heterocycles. The van der Waals surface area contributed by atoms with Crippen molar-refractivity contribution >= 4 is 51.3 Å². The Labute approximate surface area is 264 Å². The molecule has 4 aromatic rings. The molecule has 0 amide bonds. The van der Waals surface area contributed by atoms with E-state index in [2.05, 4.69) is 50.2 Å². The zero-order valence-corrected chi connectivity index (χ0v) is 26.6. The summed E-state index contributed by atoms with van der Waals surface area (Å²) in [4.78, 5) is 30.7. The van der Waals surface area contributed by atoms with Crippen molar-refractivity contribution in [3.8, 4) is 0 Å². The minimum atomic E-state index is -1.26. The van der Waals surface area contributed by atoms with Crippen molar-refractivity contribution < 1.29 is 22.6 Å². The summed E-state index contributed by atoms with van der Waals surface area (Å²) in [5.41, 5.74) is 1.83. The van der Waals surface area contributed by atoms with Crippen molar-refractivity contribution in [2.24, 2.45) is 0 Å². The third kappa shape index (κ3) is 10.1. The van der Waals surface area contributed by atoms with E-state index in [0.29, 0.717) is 12.8 Å². The molecule has 0 aromatic heterocycles. The Bertz CT molecular complexity index is 1290. The molecule has 0 spiro atoms. The number of rotatable bonds is 14. The summed E-state index contributed by atoms with van der Waals surface area (Å²) in [5, 5.41) is 0. The summed E-state index contributed by atoms with van der Waals surface area (Å²) in [7, 11) is 0. The second kappa shape index (κ2) is 17.8. The van der Waals surface area contributed by atoms with Crippen LogP contribution < -0.4 is 0 Å². The van der Waals surface area contributed by atoms with Crippen LogP contribution >= 0.6 is 23.5 Å². The second-order valence-corrected chi connectivity index (χ2v) is 12.6. The summed E-state index contributed by atoms with van der Waals surface area (Å²) in [6.07, 6.45) is 2.99. The Balaban J connectivity index is 0.00000484. The van der Waals surface area contributed by atoms with Crippen LogP contribution in [0.1, 0.15) is 62.5 Å². The molecule has 0 radical (unpaired) electrons. The average Bonchev–Trinajstić information content (AvgIpc) is 3.00. The van der Waals surface area contributed by atoms with Crippen LogP contribution in [0.4, 0.5) is 0 Å². The van der Waals surface area contributed by atoms with Crippen LogP contribution in [-0.2, 0) is 17.2 Å². The van der Waals surface area contributed by atoms with E-state index in [1.165, 1.54) is 0 Å². The van der Waals surface area contributed by atoms with Crippen LogP contribution in [0, 0.1) is 0 Å². The first-order valence-electron chi connectivity index (χ1n) is 14.0. The summed E-state index contributed by atoms with van der Waals surface area (Å²) in [6, 6.07) is 36.4. The van der Waals surface area contributed by atoms with Gasteiger partial charge >= 0.3 is 260 Å². The van der Waals surface area contributed by atoms with E-state index in [4.69, 9.17) is 7.58 Å². The van der Waals surface area contributed by atoms with Gasteiger partial charge in [0.25, 0.3) is 0 Å². The van der Waals surface area contributed by atoms with Crippen molar-refractivity contribution in [2.75, 3.05) is 0 Å². The molecule has 42 heavy (non-hydrogen) atoms. The number of carbonyl (C=O) groups is 2. The molecule has 0 fully saturated rings. The largest absolute Gasteiger partial charge is 0.870 e. The van der Waals surface area contributed by atoms with Crippen molar-refractivity contribution in [2.45, 2.75) is 70.9 Å². The fourth-order valence-electron chi connectivity index (χ4n) is 4.54. The maximum atomic E-state index is 13.2. The first kappa shape index (κ1) is 33.5. The molecule has 216 valence electrons. The summed E-state index contributed by atoms with van der Waals surface area (Å²) >= 11 is 2.06. The summed E-state index contributed by atoms with van der Waals surface area (Å²) < 4.78 is 11.2. The second-order valence-electron chi connectivity index (χ2n) is 9.63. The molecule has 4 rings (SSSR count). The van der Waals surface area contributed by atoms with Crippen LogP contribution in [0.25, 0.3) is 0 Å². The van der Waals surface area contributed by atoms with Crippen LogP contribution in [0.5, 0.6) is 0 Å². The fraction of sp³-hybridized carbons (Fsp3) is 0.235. The van der Waals surface area contributed by atoms with Gasteiger partial charge in [-0.15, -0.1) is 0 Å². The van der Waals surface area contributed by atoms with Crippen LogP contribution in [0.15, 0.2) is 129 Å². The maximum Gasteiger partial charge on any atom is -0.870 e. The van der Waals surface area contributed by atoms with Crippen LogP contribution in [0.2, 0.25) is 0 Å². The first-order chi connectivity index (χ1) is 20.1. The predicted molar refractivity (Wildman–Crippen MR) is 169 cm³/mol. The Kier molecular flexibility index (Phi) is 14.2. The van der Waals surface area contributed by atoms with E-state index in [9.17, 15) is 9.59 Å². The molecule has 2 atom stereocenters. The smallest absolute Gasteiger partial charge is 0.870 e. The molecule has 0 aliphatic rings. The number of carbonyl (C=O) groups excluding carboxylic acids is 2. The molecule has 0 heterocycles. The molecule has 5 nitrogen and oxygen atoms in total. The third-order valence-corrected chi connectivity index (χ3v) is 9.18. The maximum absolute atomic E-state index is 13.2. The quantitative estimate of drug-likeness (QED) is 0.131. The Morgan fingerprint density at radius 3 is 1.36 bits per heavy atom. The topological polar surface area (TPSA) is 82.6 Å². The fourth-order valence-corrected chi connectivity index (χ4v) is 6.92. The van der Waals surface area contributed by atoms with E-state index in [0.717, 1.165) is 43.6 Å². The van der Waals surface area contributed by atoms with Gasteiger partial charge in [0.15, 0.2) is 0 Å². The molecule has 0 bridgehead atoms. The molecule has 4 aromatic carbocycles. The average molecular weight is 615 g/mol. The molecular formula is C34H35AlO5S2. The van der Waals surface area contributed by atoms with Crippen LogP contribution in [0.3, 0.4) is 0 Å². The van der Waals surface area contributed by atoms with Gasteiger partial charge in [0.1, 0.15) is 0 Å². The van der Waals surface area contributed by atoms with Crippen molar-refractivity contribution in [3.05, 3.63) is 120 Å². The number of hydrogen-bond acceptors (Lipinski definition) is 7. The molecule has 8 heteroatoms. The van der Waals surface area contributed by atoms with E-state index >= 15 is 0 Å². The molecule has 0 saturated carbocycles. The van der Waals surface area contributed by atoms with Gasteiger partial charge in [-0.3, -0.25) is 0 Å². The van der Waals surface area contributed by atoms with E-state index in [1.807, 2.05) is 72.8 Å². The summed E-state index contributed by atoms with van der Waals surface area (Å²) in [5.74, 6) is -1.49. The zero-order valence-electron chi connectivity index (χ0n) is 23.8. The SMILES string of the molecule is CCCC(C(=O)[O][Al+][O]C(=O)C(CCC)c1cccc(Sc2ccccc2)c1)c1cccc(Sc2ccccc2)c1.[OH-]. The minimum Gasteiger partial charge on any atom is -0.870 e. The summed E-state index contributed by atoms with van der Waals surface area (Å²) in [6.45, 7) is 4.10. The number of hydrogen-bond donors (Lipinski definition) is 0. The van der Waals surface area contributed by atoms with Gasteiger partial charge in [0.05, 0.1) is 0 Å². The van der Waals surface area contributed by atoms with Crippen LogP contribution in [-0.4, -0.2) is 33.3 Å².